The number of nitrogens with one attached hydrogen (secondary N) is 2. The molecule has 11 heteroatoms. The number of carbonyl (C=O) groups excluding carboxylic acids is 3. The minimum absolute atomic E-state index is 0.0367. The van der Waals surface area contributed by atoms with Crippen molar-refractivity contribution in [2.45, 2.75) is 52.6 Å². The van der Waals surface area contributed by atoms with Crippen LogP contribution >= 0.6 is 0 Å². The molecule has 1 aliphatic rings. The molecule has 3 rings (SSSR count). The van der Waals surface area contributed by atoms with E-state index in [0.29, 0.717) is 43.7 Å². The lowest BCUT2D eigenvalue weighted by Crippen LogP contribution is -2.43. The number of carboxylic acid groups (broad SMARTS) is 1. The number of benzene rings is 2. The number of carboxylic acids is 1. The number of rotatable bonds is 7. The van der Waals surface area contributed by atoms with Gasteiger partial charge in [-0.15, -0.1) is 0 Å². The number of piperidine rings is 1. The van der Waals surface area contributed by atoms with Crippen LogP contribution in [0.2, 0.25) is 0 Å². The van der Waals surface area contributed by atoms with Gasteiger partial charge in [0.25, 0.3) is 5.91 Å². The van der Waals surface area contributed by atoms with Gasteiger partial charge in [0.05, 0.1) is 0 Å². The van der Waals surface area contributed by atoms with Gasteiger partial charge in [-0.2, -0.15) is 13.2 Å². The third kappa shape index (κ3) is 10.7. The molecule has 40 heavy (non-hydrogen) atoms. The molecule has 8 nitrogen and oxygen atoms in total. The Morgan fingerprint density at radius 1 is 0.925 bits per heavy atom. The van der Waals surface area contributed by atoms with Crippen LogP contribution in [0.3, 0.4) is 0 Å². The van der Waals surface area contributed by atoms with Crippen molar-refractivity contribution in [1.82, 2.24) is 10.2 Å². The number of nitrogens with zero attached hydrogens (tertiary/aromatic N) is 1. The van der Waals surface area contributed by atoms with Crippen molar-refractivity contribution in [3.05, 3.63) is 65.7 Å². The van der Waals surface area contributed by atoms with Crippen LogP contribution in [0.5, 0.6) is 0 Å². The first-order valence-electron chi connectivity index (χ1n) is 13.0. The minimum Gasteiger partial charge on any atom is -0.475 e. The SMILES string of the molecule is CC(C)(C)C(=O)Nc1ccc(C(=O)N2CCC(C(=O)NCCCc3ccccc3)CC2)cc1.O=C(O)C(F)(F)F. The zero-order valence-corrected chi connectivity index (χ0v) is 22.9. The molecule has 0 saturated carbocycles. The molecule has 0 radical (unpaired) electrons. The maximum absolute atomic E-state index is 12.9. The molecular formula is C29H36F3N3O5. The van der Waals surface area contributed by atoms with Gasteiger partial charge in [0.1, 0.15) is 0 Å². The molecule has 2 aromatic rings. The molecule has 3 amide bonds. The van der Waals surface area contributed by atoms with Crippen LogP contribution in [-0.4, -0.2) is 59.5 Å². The Morgan fingerprint density at radius 3 is 1.98 bits per heavy atom. The van der Waals surface area contributed by atoms with Gasteiger partial charge >= 0.3 is 12.1 Å². The number of amides is 3. The summed E-state index contributed by atoms with van der Waals surface area (Å²) in [6.45, 7) is 7.39. The Hall–Kier alpha value is -3.89. The van der Waals surface area contributed by atoms with Gasteiger partial charge in [0.2, 0.25) is 11.8 Å². The molecular weight excluding hydrogens is 527 g/mol. The lowest BCUT2D eigenvalue weighted by Gasteiger charge is -2.31. The number of hydrogen-bond donors (Lipinski definition) is 3. The van der Waals surface area contributed by atoms with Gasteiger partial charge in [0.15, 0.2) is 0 Å². The van der Waals surface area contributed by atoms with E-state index in [4.69, 9.17) is 9.90 Å². The zero-order chi connectivity index (χ0) is 29.9. The Balaban J connectivity index is 0.000000708. The molecule has 0 bridgehead atoms. The van der Waals surface area contributed by atoms with E-state index in [9.17, 15) is 27.6 Å². The number of alkyl halides is 3. The number of carbonyl (C=O) groups is 4. The summed E-state index contributed by atoms with van der Waals surface area (Å²) >= 11 is 0. The maximum Gasteiger partial charge on any atom is 0.490 e. The fourth-order valence-electron chi connectivity index (χ4n) is 3.84. The van der Waals surface area contributed by atoms with Crippen molar-refractivity contribution in [2.75, 3.05) is 25.0 Å². The summed E-state index contributed by atoms with van der Waals surface area (Å²) in [7, 11) is 0. The van der Waals surface area contributed by atoms with E-state index in [1.807, 2.05) is 43.9 Å². The predicted molar refractivity (Wildman–Crippen MR) is 145 cm³/mol. The van der Waals surface area contributed by atoms with E-state index in [-0.39, 0.29) is 23.6 Å². The van der Waals surface area contributed by atoms with Crippen LogP contribution < -0.4 is 10.6 Å². The van der Waals surface area contributed by atoms with Crippen molar-refractivity contribution < 1.29 is 37.5 Å². The van der Waals surface area contributed by atoms with Crippen LogP contribution in [0.1, 0.15) is 56.0 Å². The molecule has 3 N–H and O–H groups in total. The summed E-state index contributed by atoms with van der Waals surface area (Å²) in [5.74, 6) is -2.81. The number of hydrogen-bond acceptors (Lipinski definition) is 4. The second-order valence-corrected chi connectivity index (χ2v) is 10.5. The van der Waals surface area contributed by atoms with Gasteiger partial charge in [-0.1, -0.05) is 51.1 Å². The van der Waals surface area contributed by atoms with Crippen LogP contribution in [0, 0.1) is 11.3 Å². The Labute approximate surface area is 231 Å². The van der Waals surface area contributed by atoms with Crippen LogP contribution in [0.15, 0.2) is 54.6 Å². The molecule has 1 saturated heterocycles. The summed E-state index contributed by atoms with van der Waals surface area (Å²) < 4.78 is 31.7. The van der Waals surface area contributed by atoms with Crippen LogP contribution in [0.4, 0.5) is 18.9 Å². The molecule has 218 valence electrons. The van der Waals surface area contributed by atoms with Crippen molar-refractivity contribution in [3.8, 4) is 0 Å². The Morgan fingerprint density at radius 2 is 1.48 bits per heavy atom. The van der Waals surface area contributed by atoms with Gasteiger partial charge in [-0.25, -0.2) is 4.79 Å². The highest BCUT2D eigenvalue weighted by Gasteiger charge is 2.38. The Bertz CT molecular complexity index is 1140. The molecule has 0 unspecified atom stereocenters. The molecule has 0 aliphatic carbocycles. The number of halogens is 3. The molecule has 2 aromatic carbocycles. The predicted octanol–water partition coefficient (Wildman–Crippen LogP) is 4.91. The lowest BCUT2D eigenvalue weighted by atomic mass is 9.95. The highest BCUT2D eigenvalue weighted by molar-refractivity contribution is 5.97. The minimum atomic E-state index is -5.08. The van der Waals surface area contributed by atoms with Crippen molar-refractivity contribution >= 4 is 29.4 Å². The first kappa shape index (κ1) is 32.3. The average molecular weight is 564 g/mol. The molecule has 0 spiro atoms. The second kappa shape index (κ2) is 14.5. The smallest absolute Gasteiger partial charge is 0.475 e. The highest BCUT2D eigenvalue weighted by atomic mass is 19.4. The van der Waals surface area contributed by atoms with Gasteiger partial charge in [-0.05, 0) is 55.5 Å². The van der Waals surface area contributed by atoms with E-state index in [1.165, 1.54) is 5.56 Å². The number of aryl methyl sites for hydroxylation is 1. The van der Waals surface area contributed by atoms with Gasteiger partial charge in [0, 0.05) is 42.2 Å². The third-order valence-corrected chi connectivity index (χ3v) is 6.25. The van der Waals surface area contributed by atoms with Crippen molar-refractivity contribution in [1.29, 1.82) is 0 Å². The summed E-state index contributed by atoms with van der Waals surface area (Å²) in [5, 5.41) is 13.0. The van der Waals surface area contributed by atoms with E-state index in [0.717, 1.165) is 12.8 Å². The maximum atomic E-state index is 12.9. The molecule has 1 aliphatic heterocycles. The lowest BCUT2D eigenvalue weighted by molar-refractivity contribution is -0.192. The van der Waals surface area contributed by atoms with Crippen molar-refractivity contribution in [2.24, 2.45) is 11.3 Å². The monoisotopic (exact) mass is 563 g/mol. The quantitative estimate of drug-likeness (QED) is 0.414. The highest BCUT2D eigenvalue weighted by Crippen LogP contribution is 2.21. The van der Waals surface area contributed by atoms with Crippen LogP contribution in [0.25, 0.3) is 0 Å². The van der Waals surface area contributed by atoms with Crippen molar-refractivity contribution in [3.63, 3.8) is 0 Å². The Kier molecular flexibility index (Phi) is 11.7. The topological polar surface area (TPSA) is 116 Å². The zero-order valence-electron chi connectivity index (χ0n) is 22.9. The summed E-state index contributed by atoms with van der Waals surface area (Å²) in [5.41, 5.74) is 2.07. The normalized spacial score (nSPS) is 14.0. The number of anilines is 1. The van der Waals surface area contributed by atoms with E-state index in [1.54, 1.807) is 24.3 Å². The average Bonchev–Trinajstić information content (AvgIpc) is 2.91. The molecule has 1 fully saturated rings. The second-order valence-electron chi connectivity index (χ2n) is 10.5. The molecule has 0 atom stereocenters. The number of likely N-dealkylation sites (tertiary alicyclic amines) is 1. The third-order valence-electron chi connectivity index (χ3n) is 6.25. The largest absolute Gasteiger partial charge is 0.490 e. The summed E-state index contributed by atoms with van der Waals surface area (Å²) in [6.07, 6.45) is -1.86. The first-order chi connectivity index (χ1) is 18.7. The van der Waals surface area contributed by atoms with E-state index >= 15 is 0 Å². The standard InChI is InChI=1S/C27H35N3O3.C2HF3O2/c1-27(2,3)26(33)29-23-13-11-22(12-14-23)25(32)30-18-15-21(16-19-30)24(31)28-17-7-10-20-8-5-4-6-9-20;3-2(4,5)1(6)7/h4-6,8-9,11-14,21H,7,10,15-19H2,1-3H3,(H,28,31)(H,29,33);(H,6,7). The number of aliphatic carboxylic acids is 1. The van der Waals surface area contributed by atoms with Crippen LogP contribution in [-0.2, 0) is 20.8 Å². The summed E-state index contributed by atoms with van der Waals surface area (Å²) in [6, 6.07) is 17.3. The van der Waals surface area contributed by atoms with E-state index in [2.05, 4.69) is 22.8 Å². The summed E-state index contributed by atoms with van der Waals surface area (Å²) in [4.78, 5) is 48.2. The van der Waals surface area contributed by atoms with Gasteiger partial charge < -0.3 is 20.6 Å². The molecule has 0 aromatic heterocycles. The fraction of sp³-hybridized carbons (Fsp3) is 0.448. The van der Waals surface area contributed by atoms with E-state index < -0.39 is 17.6 Å². The van der Waals surface area contributed by atoms with Gasteiger partial charge in [-0.3, -0.25) is 14.4 Å². The fourth-order valence-corrected chi connectivity index (χ4v) is 3.84. The molecule has 1 heterocycles. The first-order valence-corrected chi connectivity index (χ1v) is 13.0.